The number of carboxylic acids is 1. The Hall–Kier alpha value is -1.74. The van der Waals surface area contributed by atoms with Crippen molar-refractivity contribution in [3.8, 4) is 0 Å². The highest BCUT2D eigenvalue weighted by molar-refractivity contribution is 6.33. The van der Waals surface area contributed by atoms with Crippen LogP contribution in [0.5, 0.6) is 0 Å². The summed E-state index contributed by atoms with van der Waals surface area (Å²) < 4.78 is 1.99. The number of rotatable bonds is 3. The molecule has 0 unspecified atom stereocenters. The minimum Gasteiger partial charge on any atom is -0.478 e. The summed E-state index contributed by atoms with van der Waals surface area (Å²) in [6.07, 6.45) is 1.63. The van der Waals surface area contributed by atoms with Gasteiger partial charge in [-0.3, -0.25) is 0 Å². The molecule has 0 aliphatic rings. The third-order valence-electron chi connectivity index (χ3n) is 3.21. The zero-order valence-corrected chi connectivity index (χ0v) is 12.0. The Morgan fingerprint density at radius 2 is 2.16 bits per heavy atom. The van der Waals surface area contributed by atoms with E-state index in [4.69, 9.17) is 16.7 Å². The predicted molar refractivity (Wildman–Crippen MR) is 78.6 cm³/mol. The predicted octanol–water partition coefficient (Wildman–Crippen LogP) is 4.11. The fourth-order valence-electron chi connectivity index (χ4n) is 2.18. The van der Waals surface area contributed by atoms with Crippen LogP contribution in [-0.4, -0.2) is 15.6 Å². The zero-order chi connectivity index (χ0) is 14.2. The van der Waals surface area contributed by atoms with Crippen LogP contribution in [0.2, 0.25) is 5.15 Å². The SMILES string of the molecule is CCn1c(Cl)c(/C=C(\C)C(=O)O)c2ccc(C)cc21. The topological polar surface area (TPSA) is 42.2 Å². The van der Waals surface area contributed by atoms with Crippen LogP contribution in [0.3, 0.4) is 0 Å². The second-order valence-electron chi connectivity index (χ2n) is 4.60. The number of carbonyl (C=O) groups is 1. The van der Waals surface area contributed by atoms with Crippen LogP contribution in [0.25, 0.3) is 17.0 Å². The van der Waals surface area contributed by atoms with E-state index in [0.29, 0.717) is 5.15 Å². The monoisotopic (exact) mass is 277 g/mol. The van der Waals surface area contributed by atoms with Crippen LogP contribution in [0, 0.1) is 6.92 Å². The fraction of sp³-hybridized carbons (Fsp3) is 0.267. The molecular weight excluding hydrogens is 262 g/mol. The van der Waals surface area contributed by atoms with Crippen LogP contribution in [0.1, 0.15) is 25.0 Å². The van der Waals surface area contributed by atoms with Crippen molar-refractivity contribution in [2.75, 3.05) is 0 Å². The summed E-state index contributed by atoms with van der Waals surface area (Å²) in [5.74, 6) is -0.930. The first kappa shape index (κ1) is 13.7. The van der Waals surface area contributed by atoms with E-state index in [-0.39, 0.29) is 5.57 Å². The van der Waals surface area contributed by atoms with Crippen molar-refractivity contribution in [3.05, 3.63) is 40.1 Å². The summed E-state index contributed by atoms with van der Waals surface area (Å²) in [6.45, 7) is 6.37. The summed E-state index contributed by atoms with van der Waals surface area (Å²) in [4.78, 5) is 11.0. The van der Waals surface area contributed by atoms with Crippen molar-refractivity contribution in [2.24, 2.45) is 0 Å². The van der Waals surface area contributed by atoms with Gasteiger partial charge < -0.3 is 9.67 Å². The van der Waals surface area contributed by atoms with E-state index in [0.717, 1.165) is 28.6 Å². The second kappa shape index (κ2) is 5.10. The van der Waals surface area contributed by atoms with E-state index in [1.807, 2.05) is 30.5 Å². The molecule has 0 saturated heterocycles. The van der Waals surface area contributed by atoms with Gasteiger partial charge in [0.05, 0.1) is 5.52 Å². The fourth-order valence-corrected chi connectivity index (χ4v) is 2.55. The maximum atomic E-state index is 11.0. The third-order valence-corrected chi connectivity index (χ3v) is 3.62. The van der Waals surface area contributed by atoms with Gasteiger partial charge in [-0.05, 0) is 38.5 Å². The summed E-state index contributed by atoms with van der Waals surface area (Å²) in [6, 6.07) is 6.06. The van der Waals surface area contributed by atoms with Gasteiger partial charge in [0.25, 0.3) is 0 Å². The van der Waals surface area contributed by atoms with Gasteiger partial charge in [0.15, 0.2) is 0 Å². The Labute approximate surface area is 117 Å². The minimum atomic E-state index is -0.930. The largest absolute Gasteiger partial charge is 0.478 e. The van der Waals surface area contributed by atoms with Crippen LogP contribution < -0.4 is 0 Å². The number of hydrogen-bond acceptors (Lipinski definition) is 1. The number of hydrogen-bond donors (Lipinski definition) is 1. The van der Waals surface area contributed by atoms with Crippen LogP contribution in [0.4, 0.5) is 0 Å². The highest BCUT2D eigenvalue weighted by Crippen LogP contribution is 2.32. The Balaban J connectivity index is 2.78. The molecular formula is C15H16ClNO2. The molecule has 0 aliphatic heterocycles. The van der Waals surface area contributed by atoms with Crippen LogP contribution in [-0.2, 0) is 11.3 Å². The van der Waals surface area contributed by atoms with Gasteiger partial charge >= 0.3 is 5.97 Å². The number of benzene rings is 1. The van der Waals surface area contributed by atoms with Gasteiger partial charge in [-0.1, -0.05) is 23.7 Å². The molecule has 0 atom stereocenters. The van der Waals surface area contributed by atoms with Crippen LogP contribution in [0.15, 0.2) is 23.8 Å². The first-order valence-electron chi connectivity index (χ1n) is 6.15. The Morgan fingerprint density at radius 1 is 1.47 bits per heavy atom. The summed E-state index contributed by atoms with van der Waals surface area (Å²) in [5, 5.41) is 10.6. The number of nitrogens with zero attached hydrogens (tertiary/aromatic N) is 1. The molecule has 100 valence electrons. The van der Waals surface area contributed by atoms with Crippen molar-refractivity contribution in [1.82, 2.24) is 4.57 Å². The molecule has 0 fully saturated rings. The van der Waals surface area contributed by atoms with Crippen molar-refractivity contribution in [3.63, 3.8) is 0 Å². The molecule has 19 heavy (non-hydrogen) atoms. The maximum Gasteiger partial charge on any atom is 0.331 e. The van der Waals surface area contributed by atoms with E-state index < -0.39 is 5.97 Å². The molecule has 4 heteroatoms. The van der Waals surface area contributed by atoms with E-state index >= 15 is 0 Å². The Kier molecular flexibility index (Phi) is 3.67. The number of fused-ring (bicyclic) bond motifs is 1. The number of aromatic nitrogens is 1. The number of carboxylic acid groups (broad SMARTS) is 1. The standard InChI is InChI=1S/C15H16ClNO2/c1-4-17-13-7-9(2)5-6-11(13)12(14(17)16)8-10(3)15(18)19/h5-8H,4H2,1-3H3,(H,18,19)/b10-8+. The van der Waals surface area contributed by atoms with E-state index in [1.165, 1.54) is 0 Å². The van der Waals surface area contributed by atoms with Gasteiger partial charge in [-0.15, -0.1) is 0 Å². The van der Waals surface area contributed by atoms with Gasteiger partial charge in [0.2, 0.25) is 0 Å². The normalized spacial score (nSPS) is 12.1. The molecule has 2 aromatic rings. The van der Waals surface area contributed by atoms with Crippen molar-refractivity contribution < 1.29 is 9.90 Å². The van der Waals surface area contributed by atoms with E-state index in [9.17, 15) is 4.79 Å². The molecule has 0 spiro atoms. The van der Waals surface area contributed by atoms with Gasteiger partial charge in [-0.25, -0.2) is 4.79 Å². The minimum absolute atomic E-state index is 0.276. The highest BCUT2D eigenvalue weighted by Gasteiger charge is 2.14. The lowest BCUT2D eigenvalue weighted by Gasteiger charge is -2.02. The van der Waals surface area contributed by atoms with E-state index in [1.54, 1.807) is 13.0 Å². The quantitative estimate of drug-likeness (QED) is 0.858. The molecule has 1 aromatic heterocycles. The van der Waals surface area contributed by atoms with Crippen molar-refractivity contribution >= 4 is 34.5 Å². The lowest BCUT2D eigenvalue weighted by atomic mass is 10.1. The molecule has 0 saturated carbocycles. The van der Waals surface area contributed by atoms with Crippen molar-refractivity contribution in [1.29, 1.82) is 0 Å². The Morgan fingerprint density at radius 3 is 2.74 bits per heavy atom. The average molecular weight is 278 g/mol. The molecule has 0 bridgehead atoms. The van der Waals surface area contributed by atoms with Crippen LogP contribution >= 0.6 is 11.6 Å². The molecule has 1 N–H and O–H groups in total. The first-order chi connectivity index (χ1) is 8.95. The van der Waals surface area contributed by atoms with E-state index in [2.05, 4.69) is 6.07 Å². The second-order valence-corrected chi connectivity index (χ2v) is 4.96. The molecule has 0 aliphatic carbocycles. The van der Waals surface area contributed by atoms with Gasteiger partial charge in [-0.2, -0.15) is 0 Å². The number of halogens is 1. The molecule has 0 radical (unpaired) electrons. The molecule has 2 rings (SSSR count). The maximum absolute atomic E-state index is 11.0. The van der Waals surface area contributed by atoms with Gasteiger partial charge in [0, 0.05) is 23.1 Å². The molecule has 0 amide bonds. The van der Waals surface area contributed by atoms with Crippen molar-refractivity contribution in [2.45, 2.75) is 27.3 Å². The smallest absolute Gasteiger partial charge is 0.331 e. The lowest BCUT2D eigenvalue weighted by molar-refractivity contribution is -0.132. The Bertz CT molecular complexity index is 683. The lowest BCUT2D eigenvalue weighted by Crippen LogP contribution is -1.96. The summed E-state index contributed by atoms with van der Waals surface area (Å²) in [7, 11) is 0. The summed E-state index contributed by atoms with van der Waals surface area (Å²) >= 11 is 6.38. The summed E-state index contributed by atoms with van der Waals surface area (Å²) in [5.41, 5.74) is 3.25. The average Bonchev–Trinajstić information content (AvgIpc) is 2.61. The first-order valence-corrected chi connectivity index (χ1v) is 6.53. The zero-order valence-electron chi connectivity index (χ0n) is 11.2. The molecule has 1 heterocycles. The number of aryl methyl sites for hydroxylation is 2. The highest BCUT2D eigenvalue weighted by atomic mass is 35.5. The van der Waals surface area contributed by atoms with Gasteiger partial charge in [0.1, 0.15) is 5.15 Å². The molecule has 3 nitrogen and oxygen atoms in total. The third kappa shape index (κ3) is 2.38. The molecule has 1 aromatic carbocycles. The number of aliphatic carboxylic acids is 1.